The Balaban J connectivity index is 3.17. The molecule has 4 nitrogen and oxygen atoms in total. The predicted octanol–water partition coefficient (Wildman–Crippen LogP) is 1.84. The monoisotopic (exact) mass is 271 g/mol. The van der Waals surface area contributed by atoms with Crippen molar-refractivity contribution in [2.75, 3.05) is 16.6 Å². The maximum atomic E-state index is 12.2. The third kappa shape index (κ3) is 3.71. The van der Waals surface area contributed by atoms with E-state index in [0.717, 1.165) is 11.1 Å². The van der Waals surface area contributed by atoms with E-state index in [1.54, 1.807) is 6.92 Å². The first-order valence-corrected chi connectivity index (χ1v) is 7.64. The maximum absolute atomic E-state index is 12.2. The van der Waals surface area contributed by atoms with E-state index in [4.69, 9.17) is 0 Å². The highest BCUT2D eigenvalue weighted by Crippen LogP contribution is 2.22. The van der Waals surface area contributed by atoms with Crippen LogP contribution in [0.15, 0.2) is 18.2 Å². The summed E-state index contributed by atoms with van der Waals surface area (Å²) in [6, 6.07) is 5.69. The molecule has 1 atom stereocenters. The highest BCUT2D eigenvalue weighted by molar-refractivity contribution is 7.92. The molecule has 0 spiro atoms. The number of hydrogen-bond acceptors (Lipinski definition) is 3. The van der Waals surface area contributed by atoms with Crippen LogP contribution in [-0.4, -0.2) is 31.9 Å². The first kappa shape index (κ1) is 15.0. The van der Waals surface area contributed by atoms with Gasteiger partial charge < -0.3 is 5.11 Å². The van der Waals surface area contributed by atoms with Crippen molar-refractivity contribution in [1.29, 1.82) is 0 Å². The fourth-order valence-electron chi connectivity index (χ4n) is 2.03. The molecule has 0 aliphatic carbocycles. The summed E-state index contributed by atoms with van der Waals surface area (Å²) in [6.45, 7) is 7.50. The second kappa shape index (κ2) is 5.71. The van der Waals surface area contributed by atoms with Gasteiger partial charge in [-0.2, -0.15) is 0 Å². The SMILES string of the molecule is CCN(c1cc(C)cc(C)c1)S(=O)(=O)CC(C)O. The summed E-state index contributed by atoms with van der Waals surface area (Å²) in [6.07, 6.45) is -0.866. The van der Waals surface area contributed by atoms with E-state index < -0.39 is 16.1 Å². The smallest absolute Gasteiger partial charge is 0.237 e. The number of aliphatic hydroxyl groups excluding tert-OH is 1. The van der Waals surface area contributed by atoms with Gasteiger partial charge in [0.25, 0.3) is 0 Å². The molecule has 0 radical (unpaired) electrons. The van der Waals surface area contributed by atoms with E-state index in [1.807, 2.05) is 32.0 Å². The summed E-state index contributed by atoms with van der Waals surface area (Å²) in [5.74, 6) is -0.256. The van der Waals surface area contributed by atoms with Gasteiger partial charge in [-0.25, -0.2) is 8.42 Å². The number of nitrogens with zero attached hydrogens (tertiary/aromatic N) is 1. The molecule has 5 heteroatoms. The lowest BCUT2D eigenvalue weighted by molar-refractivity contribution is 0.218. The van der Waals surface area contributed by atoms with Gasteiger partial charge in [0.05, 0.1) is 17.5 Å². The van der Waals surface area contributed by atoms with Crippen molar-refractivity contribution < 1.29 is 13.5 Å². The fraction of sp³-hybridized carbons (Fsp3) is 0.538. The molecule has 1 aromatic carbocycles. The van der Waals surface area contributed by atoms with Crippen molar-refractivity contribution in [1.82, 2.24) is 0 Å². The van der Waals surface area contributed by atoms with Gasteiger partial charge in [-0.1, -0.05) is 6.07 Å². The van der Waals surface area contributed by atoms with Crippen LogP contribution in [0.3, 0.4) is 0 Å². The van der Waals surface area contributed by atoms with Gasteiger partial charge in [0.1, 0.15) is 0 Å². The molecule has 0 aromatic heterocycles. The largest absolute Gasteiger partial charge is 0.392 e. The van der Waals surface area contributed by atoms with Gasteiger partial charge in [0.15, 0.2) is 0 Å². The van der Waals surface area contributed by atoms with Crippen molar-refractivity contribution in [3.05, 3.63) is 29.3 Å². The Hall–Kier alpha value is -1.07. The van der Waals surface area contributed by atoms with Crippen LogP contribution in [0.25, 0.3) is 0 Å². The molecule has 1 rings (SSSR count). The normalized spacial score (nSPS) is 13.4. The maximum Gasteiger partial charge on any atom is 0.237 e. The molecule has 0 amide bonds. The van der Waals surface area contributed by atoms with Crippen molar-refractivity contribution in [3.63, 3.8) is 0 Å². The fourth-order valence-corrected chi connectivity index (χ4v) is 3.64. The predicted molar refractivity (Wildman–Crippen MR) is 74.4 cm³/mol. The Bertz CT molecular complexity index is 489. The molecule has 0 fully saturated rings. The lowest BCUT2D eigenvalue weighted by Crippen LogP contribution is -2.36. The minimum atomic E-state index is -3.47. The van der Waals surface area contributed by atoms with Crippen molar-refractivity contribution in [2.45, 2.75) is 33.8 Å². The first-order valence-electron chi connectivity index (χ1n) is 6.03. The standard InChI is InChI=1S/C13H21NO3S/c1-5-14(18(16,17)9-12(4)15)13-7-10(2)6-11(3)8-13/h6-8,12,15H,5,9H2,1-4H3. The summed E-state index contributed by atoms with van der Waals surface area (Å²) in [4.78, 5) is 0. The number of sulfonamides is 1. The van der Waals surface area contributed by atoms with E-state index >= 15 is 0 Å². The lowest BCUT2D eigenvalue weighted by atomic mass is 10.1. The van der Waals surface area contributed by atoms with Crippen LogP contribution in [0.2, 0.25) is 0 Å². The van der Waals surface area contributed by atoms with E-state index in [1.165, 1.54) is 11.2 Å². The van der Waals surface area contributed by atoms with Gasteiger partial charge in [-0.15, -0.1) is 0 Å². The summed E-state index contributed by atoms with van der Waals surface area (Å²) < 4.78 is 25.7. The van der Waals surface area contributed by atoms with Crippen LogP contribution in [-0.2, 0) is 10.0 Å². The van der Waals surface area contributed by atoms with Gasteiger partial charge in [0, 0.05) is 6.54 Å². The molecule has 0 aliphatic rings. The quantitative estimate of drug-likeness (QED) is 0.889. The minimum Gasteiger partial charge on any atom is -0.392 e. The van der Waals surface area contributed by atoms with Gasteiger partial charge >= 0.3 is 0 Å². The van der Waals surface area contributed by atoms with Crippen molar-refractivity contribution >= 4 is 15.7 Å². The summed E-state index contributed by atoms with van der Waals surface area (Å²) >= 11 is 0. The number of aryl methyl sites for hydroxylation is 2. The van der Waals surface area contributed by atoms with Gasteiger partial charge in [-0.3, -0.25) is 4.31 Å². The van der Waals surface area contributed by atoms with Crippen LogP contribution in [0.1, 0.15) is 25.0 Å². The number of rotatable bonds is 5. The topological polar surface area (TPSA) is 57.6 Å². The van der Waals surface area contributed by atoms with Crippen LogP contribution < -0.4 is 4.31 Å². The molecule has 0 saturated heterocycles. The Kier molecular flexibility index (Phi) is 4.76. The Morgan fingerprint density at radius 2 is 1.72 bits per heavy atom. The van der Waals surface area contributed by atoms with Gasteiger partial charge in [-0.05, 0) is 51.0 Å². The van der Waals surface area contributed by atoms with Crippen molar-refractivity contribution in [3.8, 4) is 0 Å². The molecule has 0 saturated carbocycles. The summed E-state index contributed by atoms with van der Waals surface area (Å²) in [7, 11) is -3.47. The Morgan fingerprint density at radius 3 is 2.11 bits per heavy atom. The van der Waals surface area contributed by atoms with E-state index in [0.29, 0.717) is 12.2 Å². The average molecular weight is 271 g/mol. The number of anilines is 1. The Labute approximate surface area is 109 Å². The lowest BCUT2D eigenvalue weighted by Gasteiger charge is -2.24. The molecule has 1 N–H and O–H groups in total. The van der Waals surface area contributed by atoms with E-state index in [9.17, 15) is 13.5 Å². The molecule has 0 heterocycles. The zero-order valence-electron chi connectivity index (χ0n) is 11.3. The van der Waals surface area contributed by atoms with Crippen LogP contribution in [0.4, 0.5) is 5.69 Å². The zero-order chi connectivity index (χ0) is 13.9. The number of benzene rings is 1. The molecule has 0 bridgehead atoms. The molecule has 102 valence electrons. The number of hydrogen-bond donors (Lipinski definition) is 1. The second-order valence-electron chi connectivity index (χ2n) is 4.64. The molecule has 1 unspecified atom stereocenters. The second-order valence-corrected chi connectivity index (χ2v) is 6.58. The third-order valence-corrected chi connectivity index (χ3v) is 4.61. The van der Waals surface area contributed by atoms with Crippen LogP contribution in [0.5, 0.6) is 0 Å². The minimum absolute atomic E-state index is 0.256. The number of aliphatic hydroxyl groups is 1. The summed E-state index contributed by atoms with van der Waals surface area (Å²) in [5.41, 5.74) is 2.71. The molecular weight excluding hydrogens is 250 g/mol. The summed E-state index contributed by atoms with van der Waals surface area (Å²) in [5, 5.41) is 9.28. The van der Waals surface area contributed by atoms with E-state index in [2.05, 4.69) is 0 Å². The Morgan fingerprint density at radius 1 is 1.22 bits per heavy atom. The first-order chi connectivity index (χ1) is 8.26. The highest BCUT2D eigenvalue weighted by Gasteiger charge is 2.23. The molecule has 18 heavy (non-hydrogen) atoms. The van der Waals surface area contributed by atoms with Crippen LogP contribution >= 0.6 is 0 Å². The molecule has 1 aromatic rings. The molecular formula is C13H21NO3S. The third-order valence-electron chi connectivity index (χ3n) is 2.57. The molecule has 0 aliphatic heterocycles. The highest BCUT2D eigenvalue weighted by atomic mass is 32.2. The zero-order valence-corrected chi connectivity index (χ0v) is 12.2. The van der Waals surface area contributed by atoms with Crippen LogP contribution in [0, 0.1) is 13.8 Å². The van der Waals surface area contributed by atoms with E-state index in [-0.39, 0.29) is 5.75 Å². The average Bonchev–Trinajstić information content (AvgIpc) is 2.13. The van der Waals surface area contributed by atoms with Crippen molar-refractivity contribution in [2.24, 2.45) is 0 Å². The van der Waals surface area contributed by atoms with Gasteiger partial charge in [0.2, 0.25) is 10.0 Å².